The SMILES string of the molecule is CCN(Cc1ccc(OC)cc1)C(=O)c1ccccc1OC. The molecule has 0 aliphatic rings. The zero-order chi connectivity index (χ0) is 15.9. The van der Waals surface area contributed by atoms with E-state index >= 15 is 0 Å². The number of ether oxygens (including phenoxy) is 2. The van der Waals surface area contributed by atoms with E-state index in [0.717, 1.165) is 11.3 Å². The van der Waals surface area contributed by atoms with Gasteiger partial charge in [-0.1, -0.05) is 24.3 Å². The zero-order valence-corrected chi connectivity index (χ0v) is 13.2. The molecule has 0 aliphatic heterocycles. The summed E-state index contributed by atoms with van der Waals surface area (Å²) in [6.45, 7) is 3.15. The number of rotatable bonds is 6. The molecule has 0 unspecified atom stereocenters. The number of para-hydroxylation sites is 1. The molecule has 2 aromatic carbocycles. The Hall–Kier alpha value is -2.49. The van der Waals surface area contributed by atoms with Crippen LogP contribution in [0.2, 0.25) is 0 Å². The number of hydrogen-bond donors (Lipinski definition) is 0. The summed E-state index contributed by atoms with van der Waals surface area (Å²) in [6, 6.07) is 15.0. The predicted octanol–water partition coefficient (Wildman–Crippen LogP) is 3.37. The molecule has 0 spiro atoms. The molecule has 0 heterocycles. The number of nitrogens with zero attached hydrogens (tertiary/aromatic N) is 1. The highest BCUT2D eigenvalue weighted by Gasteiger charge is 2.18. The monoisotopic (exact) mass is 299 g/mol. The Morgan fingerprint density at radius 3 is 2.27 bits per heavy atom. The first-order chi connectivity index (χ1) is 10.7. The van der Waals surface area contributed by atoms with Gasteiger partial charge < -0.3 is 14.4 Å². The summed E-state index contributed by atoms with van der Waals surface area (Å²) in [5, 5.41) is 0. The van der Waals surface area contributed by atoms with E-state index in [1.165, 1.54) is 0 Å². The van der Waals surface area contributed by atoms with Crippen molar-refractivity contribution in [2.45, 2.75) is 13.5 Å². The van der Waals surface area contributed by atoms with Crippen molar-refractivity contribution in [2.75, 3.05) is 20.8 Å². The maximum atomic E-state index is 12.7. The molecule has 4 heteroatoms. The summed E-state index contributed by atoms with van der Waals surface area (Å²) in [6.07, 6.45) is 0. The van der Waals surface area contributed by atoms with Gasteiger partial charge in [-0.25, -0.2) is 0 Å². The summed E-state index contributed by atoms with van der Waals surface area (Å²) in [5.41, 5.74) is 1.64. The lowest BCUT2D eigenvalue weighted by molar-refractivity contribution is 0.0749. The quantitative estimate of drug-likeness (QED) is 0.821. The molecule has 0 saturated carbocycles. The number of methoxy groups -OCH3 is 2. The topological polar surface area (TPSA) is 38.8 Å². The number of amides is 1. The third kappa shape index (κ3) is 3.58. The van der Waals surface area contributed by atoms with Crippen LogP contribution in [-0.4, -0.2) is 31.6 Å². The first-order valence-electron chi connectivity index (χ1n) is 7.24. The molecule has 2 rings (SSSR count). The molecule has 0 radical (unpaired) electrons. The summed E-state index contributed by atoms with van der Waals surface area (Å²) in [5.74, 6) is 1.37. The van der Waals surface area contributed by atoms with Crippen LogP contribution in [0.15, 0.2) is 48.5 Å². The molecule has 0 atom stereocenters. The van der Waals surface area contributed by atoms with Crippen LogP contribution >= 0.6 is 0 Å². The number of hydrogen-bond acceptors (Lipinski definition) is 3. The fourth-order valence-corrected chi connectivity index (χ4v) is 2.27. The van der Waals surface area contributed by atoms with Crippen molar-refractivity contribution in [3.63, 3.8) is 0 Å². The average Bonchev–Trinajstić information content (AvgIpc) is 2.59. The van der Waals surface area contributed by atoms with Crippen LogP contribution in [0, 0.1) is 0 Å². The van der Waals surface area contributed by atoms with Gasteiger partial charge in [0, 0.05) is 13.1 Å². The first-order valence-corrected chi connectivity index (χ1v) is 7.24. The summed E-state index contributed by atoms with van der Waals surface area (Å²) in [7, 11) is 3.21. The minimum atomic E-state index is -0.0317. The molecule has 2 aromatic rings. The highest BCUT2D eigenvalue weighted by Crippen LogP contribution is 2.21. The lowest BCUT2D eigenvalue weighted by Gasteiger charge is -2.22. The number of benzene rings is 2. The predicted molar refractivity (Wildman–Crippen MR) is 86.4 cm³/mol. The Balaban J connectivity index is 2.18. The first kappa shape index (κ1) is 15.9. The second-order valence-corrected chi connectivity index (χ2v) is 4.87. The second-order valence-electron chi connectivity index (χ2n) is 4.87. The van der Waals surface area contributed by atoms with Crippen LogP contribution in [0.25, 0.3) is 0 Å². The third-order valence-corrected chi connectivity index (χ3v) is 3.54. The van der Waals surface area contributed by atoms with E-state index in [0.29, 0.717) is 24.4 Å². The Kier molecular flexibility index (Phi) is 5.42. The van der Waals surface area contributed by atoms with Gasteiger partial charge in [0.2, 0.25) is 0 Å². The average molecular weight is 299 g/mol. The van der Waals surface area contributed by atoms with Gasteiger partial charge in [0.05, 0.1) is 19.8 Å². The molecule has 1 amide bonds. The van der Waals surface area contributed by atoms with Crippen molar-refractivity contribution in [3.05, 3.63) is 59.7 Å². The van der Waals surface area contributed by atoms with Gasteiger partial charge in [0.25, 0.3) is 5.91 Å². The molecule has 0 N–H and O–H groups in total. The van der Waals surface area contributed by atoms with Gasteiger partial charge in [-0.15, -0.1) is 0 Å². The van der Waals surface area contributed by atoms with Gasteiger partial charge in [-0.05, 0) is 36.8 Å². The van der Waals surface area contributed by atoms with Crippen LogP contribution in [0.5, 0.6) is 11.5 Å². The molecule has 0 aliphatic carbocycles. The van der Waals surface area contributed by atoms with Crippen LogP contribution in [0.4, 0.5) is 0 Å². The number of carbonyl (C=O) groups is 1. The normalized spacial score (nSPS) is 10.1. The molecule has 0 fully saturated rings. The van der Waals surface area contributed by atoms with Crippen molar-refractivity contribution >= 4 is 5.91 Å². The van der Waals surface area contributed by atoms with Gasteiger partial charge in [0.1, 0.15) is 11.5 Å². The molecular weight excluding hydrogens is 278 g/mol. The zero-order valence-electron chi connectivity index (χ0n) is 13.2. The fourth-order valence-electron chi connectivity index (χ4n) is 2.27. The molecule has 4 nitrogen and oxygen atoms in total. The molecule has 116 valence electrons. The third-order valence-electron chi connectivity index (χ3n) is 3.54. The van der Waals surface area contributed by atoms with Crippen LogP contribution in [-0.2, 0) is 6.54 Å². The van der Waals surface area contributed by atoms with Gasteiger partial charge in [0.15, 0.2) is 0 Å². The maximum Gasteiger partial charge on any atom is 0.257 e. The fraction of sp³-hybridized carbons (Fsp3) is 0.278. The van der Waals surface area contributed by atoms with Crippen LogP contribution < -0.4 is 9.47 Å². The minimum Gasteiger partial charge on any atom is -0.497 e. The molecular formula is C18H21NO3. The van der Waals surface area contributed by atoms with E-state index in [9.17, 15) is 4.79 Å². The van der Waals surface area contributed by atoms with E-state index in [4.69, 9.17) is 9.47 Å². The largest absolute Gasteiger partial charge is 0.497 e. The van der Waals surface area contributed by atoms with E-state index in [1.54, 1.807) is 31.3 Å². The number of carbonyl (C=O) groups excluding carboxylic acids is 1. The lowest BCUT2D eigenvalue weighted by atomic mass is 10.1. The molecule has 0 saturated heterocycles. The van der Waals surface area contributed by atoms with Crippen molar-refractivity contribution in [1.82, 2.24) is 4.90 Å². The van der Waals surface area contributed by atoms with Crippen molar-refractivity contribution in [3.8, 4) is 11.5 Å². The van der Waals surface area contributed by atoms with Crippen molar-refractivity contribution in [2.24, 2.45) is 0 Å². The van der Waals surface area contributed by atoms with Gasteiger partial charge >= 0.3 is 0 Å². The summed E-state index contributed by atoms with van der Waals surface area (Å²) in [4.78, 5) is 14.5. The molecule has 0 bridgehead atoms. The van der Waals surface area contributed by atoms with Crippen molar-refractivity contribution < 1.29 is 14.3 Å². The van der Waals surface area contributed by atoms with Gasteiger partial charge in [-0.3, -0.25) is 4.79 Å². The lowest BCUT2D eigenvalue weighted by Crippen LogP contribution is -2.30. The van der Waals surface area contributed by atoms with E-state index in [2.05, 4.69) is 0 Å². The van der Waals surface area contributed by atoms with Crippen molar-refractivity contribution in [1.29, 1.82) is 0 Å². The Morgan fingerprint density at radius 2 is 1.68 bits per heavy atom. The highest BCUT2D eigenvalue weighted by atomic mass is 16.5. The van der Waals surface area contributed by atoms with Crippen LogP contribution in [0.3, 0.4) is 0 Å². The van der Waals surface area contributed by atoms with E-state index < -0.39 is 0 Å². The van der Waals surface area contributed by atoms with E-state index in [-0.39, 0.29) is 5.91 Å². The summed E-state index contributed by atoms with van der Waals surface area (Å²) >= 11 is 0. The second kappa shape index (κ2) is 7.50. The standard InChI is InChI=1S/C18H21NO3/c1-4-19(13-14-9-11-15(21-2)12-10-14)18(20)16-7-5-6-8-17(16)22-3/h5-12H,4,13H2,1-3H3. The molecule has 0 aromatic heterocycles. The van der Waals surface area contributed by atoms with Crippen LogP contribution in [0.1, 0.15) is 22.8 Å². The minimum absolute atomic E-state index is 0.0317. The van der Waals surface area contributed by atoms with Gasteiger partial charge in [-0.2, -0.15) is 0 Å². The Morgan fingerprint density at radius 1 is 1.00 bits per heavy atom. The Labute approximate surface area is 131 Å². The highest BCUT2D eigenvalue weighted by molar-refractivity contribution is 5.96. The maximum absolute atomic E-state index is 12.7. The Bertz CT molecular complexity index is 622. The van der Waals surface area contributed by atoms with E-state index in [1.807, 2.05) is 43.3 Å². The smallest absolute Gasteiger partial charge is 0.257 e. The molecule has 22 heavy (non-hydrogen) atoms. The summed E-state index contributed by atoms with van der Waals surface area (Å²) < 4.78 is 10.4.